The van der Waals surface area contributed by atoms with E-state index in [0.29, 0.717) is 13.1 Å². The first kappa shape index (κ1) is 42.6. The molecule has 1 aliphatic rings. The fraction of sp³-hybridized carbons (Fsp3) is 0.914. The zero-order valence-corrected chi connectivity index (χ0v) is 29.8. The number of hydrogen-bond acceptors (Lipinski definition) is 8. The largest absolute Gasteiger partial charge is 0.479 e. The molecule has 0 aliphatic carbocycles. The quantitative estimate of drug-likeness (QED) is 0.0678. The highest BCUT2D eigenvalue weighted by molar-refractivity contribution is 8.00. The van der Waals surface area contributed by atoms with Gasteiger partial charge in [0.1, 0.15) is 29.7 Å². The molecule has 0 aromatic carbocycles. The number of carbonyl (C=O) groups is 3. The van der Waals surface area contributed by atoms with E-state index in [1.165, 1.54) is 102 Å². The topological polar surface area (TPSA) is 159 Å². The Morgan fingerprint density at radius 3 is 1.43 bits per heavy atom. The summed E-state index contributed by atoms with van der Waals surface area (Å²) in [6, 6.07) is -0.845. The van der Waals surface area contributed by atoms with Crippen molar-refractivity contribution < 1.29 is 39.9 Å². The lowest BCUT2D eigenvalue weighted by Crippen LogP contribution is -2.57. The Morgan fingerprint density at radius 2 is 1.07 bits per heavy atom. The van der Waals surface area contributed by atoms with Crippen LogP contribution in [0, 0.1) is 0 Å². The van der Waals surface area contributed by atoms with Crippen LogP contribution in [0.25, 0.3) is 0 Å². The fourth-order valence-corrected chi connectivity index (χ4v) is 7.70. The third kappa shape index (κ3) is 16.1. The molecule has 0 aromatic rings. The number of aliphatic hydroxyl groups is 4. The number of amides is 2. The molecule has 1 rings (SSSR count). The van der Waals surface area contributed by atoms with E-state index in [2.05, 4.69) is 13.8 Å². The van der Waals surface area contributed by atoms with Crippen molar-refractivity contribution in [2.24, 2.45) is 0 Å². The molecule has 0 spiro atoms. The lowest BCUT2D eigenvalue weighted by molar-refractivity contribution is -0.165. The monoisotopic (exact) mass is 674 g/mol. The van der Waals surface area contributed by atoms with Crippen LogP contribution in [0.3, 0.4) is 0 Å². The number of aliphatic hydroxyl groups excluding tert-OH is 4. The van der Waals surface area contributed by atoms with Gasteiger partial charge >= 0.3 is 5.97 Å². The first-order chi connectivity index (χ1) is 22.1. The number of nitrogens with zero attached hydrogens (tertiary/aromatic N) is 2. The van der Waals surface area contributed by atoms with Gasteiger partial charge < -0.3 is 35.3 Å². The Morgan fingerprint density at radius 1 is 0.674 bits per heavy atom. The zero-order valence-electron chi connectivity index (χ0n) is 29.0. The van der Waals surface area contributed by atoms with E-state index in [4.69, 9.17) is 5.11 Å². The highest BCUT2D eigenvalue weighted by Gasteiger charge is 2.48. The molecule has 2 unspecified atom stereocenters. The Bertz CT molecular complexity index is 810. The van der Waals surface area contributed by atoms with E-state index in [0.717, 1.165) is 50.3 Å². The van der Waals surface area contributed by atoms with Crippen LogP contribution >= 0.6 is 11.8 Å². The van der Waals surface area contributed by atoms with E-state index < -0.39 is 47.7 Å². The van der Waals surface area contributed by atoms with Crippen LogP contribution in [-0.4, -0.2) is 108 Å². The van der Waals surface area contributed by atoms with Crippen LogP contribution < -0.4 is 0 Å². The molecular formula is C35H66N2O8S. The number of carboxylic acids is 1. The predicted molar refractivity (Wildman–Crippen MR) is 184 cm³/mol. The summed E-state index contributed by atoms with van der Waals surface area (Å²) in [5, 5.41) is 48.9. The van der Waals surface area contributed by atoms with Gasteiger partial charge in [-0.1, -0.05) is 129 Å². The van der Waals surface area contributed by atoms with Crippen molar-refractivity contribution >= 4 is 29.5 Å². The van der Waals surface area contributed by atoms with Crippen molar-refractivity contribution in [2.75, 3.05) is 18.8 Å². The number of aliphatic carboxylic acids is 1. The summed E-state index contributed by atoms with van der Waals surface area (Å²) in [4.78, 5) is 40.8. The fourth-order valence-electron chi connectivity index (χ4n) is 6.21. The van der Waals surface area contributed by atoms with Crippen LogP contribution in [0.15, 0.2) is 0 Å². The molecule has 1 aliphatic heterocycles. The van der Waals surface area contributed by atoms with E-state index >= 15 is 0 Å². The molecular weight excluding hydrogens is 608 g/mol. The summed E-state index contributed by atoms with van der Waals surface area (Å²) >= 11 is 1.10. The standard InChI is InChI=1S/C35H66N2O8S/c1-4-6-8-10-12-14-16-18-20-22-24-36(25-23-21-19-17-15-13-11-9-7-5-2)33(43)28-26-46-34(37(28)27(3)38)31(41)29(39)30(40)32(42)35(44)45/h28-32,34,39-42H,4-26H2,1-3H3,(H,44,45)/t28?,29-,30+,31-,32+,34?/m0/s1. The summed E-state index contributed by atoms with van der Waals surface area (Å²) in [7, 11) is 0. The van der Waals surface area contributed by atoms with Crippen molar-refractivity contribution in [1.82, 2.24) is 9.80 Å². The van der Waals surface area contributed by atoms with Crippen molar-refractivity contribution in [2.45, 2.75) is 185 Å². The van der Waals surface area contributed by atoms with Gasteiger partial charge in [0, 0.05) is 25.8 Å². The first-order valence-corrected chi connectivity index (χ1v) is 19.3. The van der Waals surface area contributed by atoms with Gasteiger partial charge in [-0.3, -0.25) is 9.59 Å². The van der Waals surface area contributed by atoms with Crippen molar-refractivity contribution in [3.05, 3.63) is 0 Å². The second kappa shape index (κ2) is 25.6. The molecule has 270 valence electrons. The van der Waals surface area contributed by atoms with Gasteiger partial charge in [-0.15, -0.1) is 11.8 Å². The summed E-state index contributed by atoms with van der Waals surface area (Å²) in [6.07, 6.45) is 15.6. The minimum atomic E-state index is -2.31. The van der Waals surface area contributed by atoms with Crippen molar-refractivity contribution in [1.29, 1.82) is 0 Å². The normalized spacial score (nSPS) is 19.2. The second-order valence-corrected chi connectivity index (χ2v) is 14.3. The van der Waals surface area contributed by atoms with Crippen LogP contribution in [0.1, 0.15) is 149 Å². The van der Waals surface area contributed by atoms with E-state index in [-0.39, 0.29) is 11.7 Å². The molecule has 2 amide bonds. The van der Waals surface area contributed by atoms with Crippen LogP contribution in [0.2, 0.25) is 0 Å². The number of thioether (sulfide) groups is 1. The van der Waals surface area contributed by atoms with Gasteiger partial charge in [0.05, 0.1) is 0 Å². The van der Waals surface area contributed by atoms with E-state index in [1.54, 1.807) is 0 Å². The molecule has 0 radical (unpaired) electrons. The minimum absolute atomic E-state index is 0.190. The molecule has 10 nitrogen and oxygen atoms in total. The Labute approximate surface area is 282 Å². The maximum absolute atomic E-state index is 13.9. The highest BCUT2D eigenvalue weighted by Crippen LogP contribution is 2.34. The van der Waals surface area contributed by atoms with Crippen molar-refractivity contribution in [3.8, 4) is 0 Å². The molecule has 1 saturated heterocycles. The average Bonchev–Trinajstić information content (AvgIpc) is 3.49. The molecule has 5 N–H and O–H groups in total. The summed E-state index contributed by atoms with van der Waals surface area (Å²) in [6.45, 7) is 6.93. The minimum Gasteiger partial charge on any atom is -0.479 e. The molecule has 1 heterocycles. The van der Waals surface area contributed by atoms with E-state index in [1.807, 2.05) is 4.90 Å². The maximum atomic E-state index is 13.9. The van der Waals surface area contributed by atoms with Gasteiger partial charge in [-0.25, -0.2) is 4.79 Å². The maximum Gasteiger partial charge on any atom is 0.335 e. The molecule has 1 fully saturated rings. The van der Waals surface area contributed by atoms with Crippen LogP contribution in [-0.2, 0) is 14.4 Å². The van der Waals surface area contributed by atoms with Crippen LogP contribution in [0.5, 0.6) is 0 Å². The average molecular weight is 675 g/mol. The summed E-state index contributed by atoms with van der Waals surface area (Å²) in [5.41, 5.74) is 0. The lowest BCUT2D eigenvalue weighted by atomic mass is 10.0. The molecule has 0 saturated carbocycles. The predicted octanol–water partition coefficient (Wildman–Crippen LogP) is 5.48. The van der Waals surface area contributed by atoms with Crippen molar-refractivity contribution in [3.63, 3.8) is 0 Å². The Kier molecular flexibility index (Phi) is 23.7. The van der Waals surface area contributed by atoms with Gasteiger partial charge in [0.2, 0.25) is 11.8 Å². The number of hydrogen-bond donors (Lipinski definition) is 5. The van der Waals surface area contributed by atoms with Gasteiger partial charge in [-0.05, 0) is 12.8 Å². The van der Waals surface area contributed by atoms with Gasteiger partial charge in [0.15, 0.2) is 6.10 Å². The third-order valence-corrected chi connectivity index (χ3v) is 10.5. The first-order valence-electron chi connectivity index (χ1n) is 18.2. The SMILES string of the molecule is CCCCCCCCCCCCN(CCCCCCCCCCCC)C(=O)C1CSC([C@@H](O)[C@@H](O)[C@@H](O)[C@@H](O)C(=O)O)N1C(C)=O. The molecule has 46 heavy (non-hydrogen) atoms. The number of unbranched alkanes of at least 4 members (excludes halogenated alkanes) is 18. The third-order valence-electron chi connectivity index (χ3n) is 9.13. The molecule has 0 bridgehead atoms. The summed E-state index contributed by atoms with van der Waals surface area (Å²) in [5.74, 6) is -2.20. The Hall–Kier alpha value is -1.40. The highest BCUT2D eigenvalue weighted by atomic mass is 32.2. The zero-order chi connectivity index (χ0) is 34.3. The smallest absolute Gasteiger partial charge is 0.335 e. The van der Waals surface area contributed by atoms with Gasteiger partial charge in [0.25, 0.3) is 0 Å². The number of carbonyl (C=O) groups excluding carboxylic acids is 2. The lowest BCUT2D eigenvalue weighted by Gasteiger charge is -2.35. The Balaban J connectivity index is 2.77. The van der Waals surface area contributed by atoms with Gasteiger partial charge in [-0.2, -0.15) is 0 Å². The molecule has 6 atom stereocenters. The van der Waals surface area contributed by atoms with E-state index in [9.17, 15) is 34.8 Å². The summed E-state index contributed by atoms with van der Waals surface area (Å²) < 4.78 is 0. The second-order valence-electron chi connectivity index (χ2n) is 13.1. The number of rotatable bonds is 28. The van der Waals surface area contributed by atoms with Crippen LogP contribution in [0.4, 0.5) is 0 Å². The molecule has 0 aromatic heterocycles. The number of carboxylic acid groups (broad SMARTS) is 1. The molecule has 11 heteroatoms.